The molecule has 0 aliphatic carbocycles. The van der Waals surface area contributed by atoms with Crippen LogP contribution in [0.4, 0.5) is 5.13 Å². The number of methoxy groups -OCH3 is 2. The Morgan fingerprint density at radius 1 is 1.05 bits per heavy atom. The maximum Gasteiger partial charge on any atom is 0.251 e. The van der Waals surface area contributed by atoms with E-state index in [1.807, 2.05) is 6.07 Å². The van der Waals surface area contributed by atoms with Crippen LogP contribution in [0, 0.1) is 5.92 Å². The van der Waals surface area contributed by atoms with Gasteiger partial charge in [-0.15, -0.1) is 11.3 Å². The molecule has 0 radical (unpaired) electrons. The van der Waals surface area contributed by atoms with Crippen molar-refractivity contribution >= 4 is 38.3 Å². The number of morpholine rings is 1. The highest BCUT2D eigenvalue weighted by atomic mass is 32.2. The summed E-state index contributed by atoms with van der Waals surface area (Å²) in [5.41, 5.74) is 1.57. The van der Waals surface area contributed by atoms with Crippen LogP contribution in [0.2, 0.25) is 0 Å². The number of thiazole rings is 1. The number of nitrogens with one attached hydrogen (secondary N) is 2. The van der Waals surface area contributed by atoms with E-state index in [0.29, 0.717) is 35.5 Å². The van der Waals surface area contributed by atoms with Gasteiger partial charge in [0, 0.05) is 29.6 Å². The second kappa shape index (κ2) is 12.8. The van der Waals surface area contributed by atoms with Crippen LogP contribution >= 0.6 is 11.3 Å². The van der Waals surface area contributed by atoms with Gasteiger partial charge in [-0.3, -0.25) is 9.59 Å². The van der Waals surface area contributed by atoms with Gasteiger partial charge in [-0.25, -0.2) is 13.4 Å². The largest absolute Gasteiger partial charge is 0.493 e. The van der Waals surface area contributed by atoms with Gasteiger partial charge < -0.3 is 24.8 Å². The van der Waals surface area contributed by atoms with E-state index in [-0.39, 0.29) is 29.5 Å². The Balaban J connectivity index is 1.46. The Labute approximate surface area is 237 Å². The third kappa shape index (κ3) is 6.61. The van der Waals surface area contributed by atoms with E-state index in [9.17, 15) is 18.0 Å². The lowest BCUT2D eigenvalue weighted by atomic mass is 10.0. The summed E-state index contributed by atoms with van der Waals surface area (Å²) in [5.74, 6) is -0.0982. The Morgan fingerprint density at radius 2 is 1.77 bits per heavy atom. The Kier molecular flexibility index (Phi) is 9.40. The van der Waals surface area contributed by atoms with E-state index < -0.39 is 27.9 Å². The van der Waals surface area contributed by atoms with E-state index in [1.165, 1.54) is 39.9 Å². The van der Waals surface area contributed by atoms with Crippen LogP contribution in [0.25, 0.3) is 11.3 Å². The molecule has 13 heteroatoms. The monoisotopic (exact) mass is 588 g/mol. The summed E-state index contributed by atoms with van der Waals surface area (Å²) in [6.07, 6.45) is 0. The van der Waals surface area contributed by atoms with Crippen LogP contribution in [0.15, 0.2) is 52.7 Å². The summed E-state index contributed by atoms with van der Waals surface area (Å²) in [5, 5.41) is 7.70. The molecule has 1 aromatic heterocycles. The van der Waals surface area contributed by atoms with Gasteiger partial charge in [0.25, 0.3) is 5.91 Å². The first-order valence-corrected chi connectivity index (χ1v) is 14.9. The molecule has 1 fully saturated rings. The molecule has 2 heterocycles. The fraction of sp³-hybridized carbons (Fsp3) is 0.370. The summed E-state index contributed by atoms with van der Waals surface area (Å²) in [6, 6.07) is 10.3. The second-order valence-corrected chi connectivity index (χ2v) is 12.1. The average molecular weight is 589 g/mol. The number of ether oxygens (including phenoxy) is 3. The highest BCUT2D eigenvalue weighted by molar-refractivity contribution is 7.89. The highest BCUT2D eigenvalue weighted by Gasteiger charge is 2.29. The van der Waals surface area contributed by atoms with Crippen molar-refractivity contribution in [2.75, 3.05) is 45.8 Å². The molecule has 2 amide bonds. The lowest BCUT2D eigenvalue weighted by molar-refractivity contribution is -0.118. The number of nitrogens with zero attached hydrogens (tertiary/aromatic N) is 2. The topological polar surface area (TPSA) is 136 Å². The quantitative estimate of drug-likeness (QED) is 0.369. The smallest absolute Gasteiger partial charge is 0.251 e. The maximum atomic E-state index is 13.2. The molecule has 214 valence electrons. The van der Waals surface area contributed by atoms with Gasteiger partial charge in [0.2, 0.25) is 15.9 Å². The number of benzene rings is 2. The minimum absolute atomic E-state index is 0.0121. The molecule has 0 saturated carbocycles. The molecule has 0 unspecified atom stereocenters. The molecule has 1 aliphatic rings. The summed E-state index contributed by atoms with van der Waals surface area (Å²) in [4.78, 5) is 30.8. The molecular formula is C27H32N4O7S2. The third-order valence-electron chi connectivity index (χ3n) is 6.35. The van der Waals surface area contributed by atoms with Gasteiger partial charge in [0.15, 0.2) is 16.6 Å². The van der Waals surface area contributed by atoms with Crippen molar-refractivity contribution in [1.29, 1.82) is 0 Å². The SMILES string of the molecule is COc1ccc(-c2csc(NC(=O)[C@@H](NC(=O)c3cccc(S(=O)(=O)N4CCOCC4)c3)C(C)C)n2)cc1OC. The Morgan fingerprint density at radius 3 is 2.45 bits per heavy atom. The molecule has 40 heavy (non-hydrogen) atoms. The summed E-state index contributed by atoms with van der Waals surface area (Å²) < 4.78 is 43.3. The maximum absolute atomic E-state index is 13.2. The van der Waals surface area contributed by atoms with Crippen molar-refractivity contribution in [3.8, 4) is 22.8 Å². The second-order valence-electron chi connectivity index (χ2n) is 9.34. The molecule has 0 bridgehead atoms. The Hall–Kier alpha value is -3.52. The van der Waals surface area contributed by atoms with Crippen molar-refractivity contribution < 1.29 is 32.2 Å². The predicted molar refractivity (Wildman–Crippen MR) is 151 cm³/mol. The molecular weight excluding hydrogens is 556 g/mol. The Bertz CT molecular complexity index is 1470. The van der Waals surface area contributed by atoms with Crippen molar-refractivity contribution in [2.24, 2.45) is 5.92 Å². The van der Waals surface area contributed by atoms with Gasteiger partial charge in [0.05, 0.1) is 38.0 Å². The summed E-state index contributed by atoms with van der Waals surface area (Å²) >= 11 is 1.25. The van der Waals surface area contributed by atoms with Crippen LogP contribution < -0.4 is 20.1 Å². The normalized spacial score (nSPS) is 14.9. The standard InChI is InChI=1S/C27H32N4O7S2/c1-17(2)24(26(33)30-27-28-21(16-39-27)18-8-9-22(36-3)23(15-18)37-4)29-25(32)19-6-5-7-20(14-19)40(34,35)31-10-12-38-13-11-31/h5-9,14-17,24H,10-13H2,1-4H3,(H,29,32)(H,28,30,33)/t24-/m0/s1. The molecule has 4 rings (SSSR count). The number of carbonyl (C=O) groups is 2. The highest BCUT2D eigenvalue weighted by Crippen LogP contribution is 2.33. The molecule has 0 spiro atoms. The van der Waals surface area contributed by atoms with Gasteiger partial charge in [-0.05, 0) is 42.3 Å². The zero-order chi connectivity index (χ0) is 28.9. The van der Waals surface area contributed by atoms with E-state index in [1.54, 1.807) is 45.6 Å². The summed E-state index contributed by atoms with van der Waals surface area (Å²) in [7, 11) is -0.670. The number of hydrogen-bond acceptors (Lipinski definition) is 9. The number of sulfonamides is 1. The van der Waals surface area contributed by atoms with Gasteiger partial charge >= 0.3 is 0 Å². The van der Waals surface area contributed by atoms with Gasteiger partial charge in [-0.2, -0.15) is 4.31 Å². The minimum Gasteiger partial charge on any atom is -0.493 e. The number of hydrogen-bond donors (Lipinski definition) is 2. The van der Waals surface area contributed by atoms with Crippen LogP contribution in [0.3, 0.4) is 0 Å². The van der Waals surface area contributed by atoms with E-state index in [0.717, 1.165) is 5.56 Å². The lowest BCUT2D eigenvalue weighted by Crippen LogP contribution is -2.47. The average Bonchev–Trinajstić information content (AvgIpc) is 3.44. The fourth-order valence-electron chi connectivity index (χ4n) is 4.14. The first-order valence-electron chi connectivity index (χ1n) is 12.6. The zero-order valence-electron chi connectivity index (χ0n) is 22.7. The molecule has 11 nitrogen and oxygen atoms in total. The van der Waals surface area contributed by atoms with Gasteiger partial charge in [0.1, 0.15) is 6.04 Å². The molecule has 1 saturated heterocycles. The number of anilines is 1. The van der Waals surface area contributed by atoms with Crippen molar-refractivity contribution in [2.45, 2.75) is 24.8 Å². The van der Waals surface area contributed by atoms with Crippen molar-refractivity contribution in [3.63, 3.8) is 0 Å². The molecule has 2 aromatic carbocycles. The van der Waals surface area contributed by atoms with Crippen LogP contribution in [0.5, 0.6) is 11.5 Å². The third-order valence-corrected chi connectivity index (χ3v) is 9.01. The fourth-order valence-corrected chi connectivity index (χ4v) is 6.31. The predicted octanol–water partition coefficient (Wildman–Crippen LogP) is 3.24. The van der Waals surface area contributed by atoms with Crippen LogP contribution in [-0.2, 0) is 19.6 Å². The summed E-state index contributed by atoms with van der Waals surface area (Å²) in [6.45, 7) is 4.75. The molecule has 1 aliphatic heterocycles. The van der Waals surface area contributed by atoms with Crippen molar-refractivity contribution in [1.82, 2.24) is 14.6 Å². The van der Waals surface area contributed by atoms with E-state index in [2.05, 4.69) is 15.6 Å². The van der Waals surface area contributed by atoms with Crippen molar-refractivity contribution in [3.05, 3.63) is 53.4 Å². The first kappa shape index (κ1) is 29.5. The van der Waals surface area contributed by atoms with E-state index in [4.69, 9.17) is 14.2 Å². The van der Waals surface area contributed by atoms with Crippen LogP contribution in [-0.4, -0.2) is 76.1 Å². The first-order chi connectivity index (χ1) is 19.1. The molecule has 1 atom stereocenters. The minimum atomic E-state index is -3.78. The number of carbonyl (C=O) groups excluding carboxylic acids is 2. The number of rotatable bonds is 10. The molecule has 2 N–H and O–H groups in total. The number of aromatic nitrogens is 1. The number of amides is 2. The molecule has 3 aromatic rings. The van der Waals surface area contributed by atoms with E-state index >= 15 is 0 Å². The zero-order valence-corrected chi connectivity index (χ0v) is 24.3. The lowest BCUT2D eigenvalue weighted by Gasteiger charge is -2.26. The van der Waals surface area contributed by atoms with Crippen LogP contribution in [0.1, 0.15) is 24.2 Å². The van der Waals surface area contributed by atoms with Gasteiger partial charge in [-0.1, -0.05) is 19.9 Å².